The molecule has 4 rings (SSSR count). The van der Waals surface area contributed by atoms with Crippen molar-refractivity contribution in [3.05, 3.63) is 60.2 Å². The number of carbonyl (C=O) groups excluding carboxylic acids is 2. The molecule has 8 heteroatoms. The fourth-order valence-electron chi connectivity index (χ4n) is 2.98. The number of rotatable bonds is 7. The minimum absolute atomic E-state index is 0.0181. The number of benzene rings is 2. The number of hydrogen-bond donors (Lipinski definition) is 0. The smallest absolute Gasteiger partial charge is 0.461 e. The van der Waals surface area contributed by atoms with Crippen molar-refractivity contribution < 1.29 is 23.8 Å². The summed E-state index contributed by atoms with van der Waals surface area (Å²) in [6, 6.07) is 17.4. The van der Waals surface area contributed by atoms with Crippen molar-refractivity contribution in [3.63, 3.8) is 0 Å². The molecule has 29 heavy (non-hydrogen) atoms. The van der Waals surface area contributed by atoms with Gasteiger partial charge in [0.25, 0.3) is 0 Å². The van der Waals surface area contributed by atoms with Crippen LogP contribution < -0.4 is 0 Å². The molecule has 150 valence electrons. The molecule has 2 atom stereocenters. The van der Waals surface area contributed by atoms with Crippen LogP contribution >= 0.6 is 23.1 Å². The van der Waals surface area contributed by atoms with Gasteiger partial charge in [0.05, 0.1) is 16.6 Å². The van der Waals surface area contributed by atoms with E-state index in [2.05, 4.69) is 4.98 Å². The lowest BCUT2D eigenvalue weighted by Crippen LogP contribution is -2.37. The number of cyclic esters (lactones) is 2. The third kappa shape index (κ3) is 5.48. The number of hydrogen-bond acceptors (Lipinski definition) is 8. The fourth-order valence-corrected chi connectivity index (χ4v) is 5.08. The van der Waals surface area contributed by atoms with Crippen LogP contribution in [0.5, 0.6) is 0 Å². The highest BCUT2D eigenvalue weighted by atomic mass is 32.2. The minimum atomic E-state index is -0.744. The third-order valence-corrected chi connectivity index (χ3v) is 6.67. The summed E-state index contributed by atoms with van der Waals surface area (Å²) in [4.78, 5) is 28.5. The van der Waals surface area contributed by atoms with Gasteiger partial charge in [-0.1, -0.05) is 54.2 Å². The van der Waals surface area contributed by atoms with Crippen LogP contribution in [0.4, 0.5) is 4.79 Å². The number of aromatic nitrogens is 1. The van der Waals surface area contributed by atoms with E-state index < -0.39 is 18.2 Å². The molecule has 0 saturated carbocycles. The summed E-state index contributed by atoms with van der Waals surface area (Å²) < 4.78 is 17.7. The van der Waals surface area contributed by atoms with Gasteiger partial charge in [0.1, 0.15) is 18.8 Å². The molecule has 1 fully saturated rings. The monoisotopic (exact) mass is 429 g/mol. The summed E-state index contributed by atoms with van der Waals surface area (Å²) >= 11 is 3.15. The van der Waals surface area contributed by atoms with E-state index in [1.807, 2.05) is 54.6 Å². The lowest BCUT2D eigenvalue weighted by atomic mass is 10.1. The van der Waals surface area contributed by atoms with Gasteiger partial charge in [0, 0.05) is 12.2 Å². The number of fused-ring (bicyclic) bond motifs is 1. The van der Waals surface area contributed by atoms with E-state index in [9.17, 15) is 9.59 Å². The molecule has 0 spiro atoms. The highest BCUT2D eigenvalue weighted by Crippen LogP contribution is 2.31. The van der Waals surface area contributed by atoms with Gasteiger partial charge in [-0.25, -0.2) is 9.78 Å². The van der Waals surface area contributed by atoms with E-state index >= 15 is 0 Å². The summed E-state index contributed by atoms with van der Waals surface area (Å²) in [6.45, 7) is 0.202. The summed E-state index contributed by atoms with van der Waals surface area (Å²) in [5.74, 6) is 0.163. The molecular weight excluding hydrogens is 410 g/mol. The van der Waals surface area contributed by atoms with Crippen LogP contribution in [0.25, 0.3) is 10.2 Å². The van der Waals surface area contributed by atoms with Crippen molar-refractivity contribution in [3.8, 4) is 0 Å². The van der Waals surface area contributed by atoms with Crippen LogP contribution in [0.2, 0.25) is 0 Å². The average molecular weight is 430 g/mol. The first-order valence-corrected chi connectivity index (χ1v) is 11.0. The second-order valence-electron chi connectivity index (χ2n) is 6.57. The maximum Gasteiger partial charge on any atom is 0.508 e. The van der Waals surface area contributed by atoms with Crippen LogP contribution in [0.1, 0.15) is 18.4 Å². The highest BCUT2D eigenvalue weighted by molar-refractivity contribution is 8.01. The molecule has 2 heterocycles. The second kappa shape index (κ2) is 9.28. The largest absolute Gasteiger partial charge is 0.508 e. The highest BCUT2D eigenvalue weighted by Gasteiger charge is 2.32. The molecule has 0 unspecified atom stereocenters. The van der Waals surface area contributed by atoms with E-state index in [1.165, 1.54) is 0 Å². The Morgan fingerprint density at radius 1 is 1.10 bits per heavy atom. The molecule has 1 aliphatic heterocycles. The molecule has 1 aliphatic rings. The maximum atomic E-state index is 12.1. The lowest BCUT2D eigenvalue weighted by Gasteiger charge is -2.28. The van der Waals surface area contributed by atoms with Gasteiger partial charge >= 0.3 is 12.1 Å². The van der Waals surface area contributed by atoms with Crippen molar-refractivity contribution in [1.82, 2.24) is 4.98 Å². The first kappa shape index (κ1) is 19.7. The SMILES string of the molecule is O=C(C[C@H]1C[C@@H](CSc2nc3ccccc3s2)OC(=O)O1)OCc1ccccc1. The molecule has 3 aromatic rings. The predicted octanol–water partition coefficient (Wildman–Crippen LogP) is 4.82. The van der Waals surface area contributed by atoms with Gasteiger partial charge in [-0.05, 0) is 17.7 Å². The predicted molar refractivity (Wildman–Crippen MR) is 111 cm³/mol. The molecule has 0 N–H and O–H groups in total. The summed E-state index contributed by atoms with van der Waals surface area (Å²) in [7, 11) is 0. The standard InChI is InChI=1S/C21H19NO5S2/c23-19(25-12-14-6-2-1-3-7-14)11-15-10-16(27-21(24)26-15)13-28-20-22-17-8-4-5-9-18(17)29-20/h1-9,15-16H,10-13H2/t15-,16+/m1/s1. The summed E-state index contributed by atoms with van der Waals surface area (Å²) in [5, 5.41) is 0. The Hall–Kier alpha value is -2.58. The van der Waals surface area contributed by atoms with Crippen LogP contribution in [-0.2, 0) is 25.6 Å². The molecule has 0 aliphatic carbocycles. The molecule has 6 nitrogen and oxygen atoms in total. The van der Waals surface area contributed by atoms with E-state index in [0.29, 0.717) is 12.2 Å². The Morgan fingerprint density at radius 2 is 1.86 bits per heavy atom. The zero-order valence-corrected chi connectivity index (χ0v) is 17.1. The van der Waals surface area contributed by atoms with Crippen LogP contribution in [0, 0.1) is 0 Å². The van der Waals surface area contributed by atoms with E-state index in [1.54, 1.807) is 23.1 Å². The molecule has 0 radical (unpaired) electrons. The fraction of sp³-hybridized carbons (Fsp3) is 0.286. The Labute approximate surface area is 176 Å². The normalized spacial score (nSPS) is 18.8. The Balaban J connectivity index is 1.27. The van der Waals surface area contributed by atoms with Crippen LogP contribution in [0.3, 0.4) is 0 Å². The molecule has 2 aromatic carbocycles. The van der Waals surface area contributed by atoms with Crippen molar-refractivity contribution in [2.75, 3.05) is 5.75 Å². The Morgan fingerprint density at radius 3 is 2.69 bits per heavy atom. The number of nitrogens with zero attached hydrogens (tertiary/aromatic N) is 1. The van der Waals surface area contributed by atoms with Crippen molar-refractivity contribution in [2.24, 2.45) is 0 Å². The quantitative estimate of drug-likeness (QED) is 0.394. The Kier molecular flexibility index (Phi) is 6.31. The maximum absolute atomic E-state index is 12.1. The lowest BCUT2D eigenvalue weighted by molar-refractivity contribution is -0.149. The molecule has 1 aromatic heterocycles. The molecule has 0 bridgehead atoms. The number of ether oxygens (including phenoxy) is 3. The van der Waals surface area contributed by atoms with Crippen molar-refractivity contribution in [1.29, 1.82) is 0 Å². The van der Waals surface area contributed by atoms with Crippen LogP contribution in [0.15, 0.2) is 58.9 Å². The number of carbonyl (C=O) groups is 2. The number of thiazole rings is 1. The van der Waals surface area contributed by atoms with Gasteiger partial charge in [0.2, 0.25) is 0 Å². The molecular formula is C21H19NO5S2. The molecule has 1 saturated heterocycles. The summed E-state index contributed by atoms with van der Waals surface area (Å²) in [6.07, 6.45) is -1.15. The minimum Gasteiger partial charge on any atom is -0.461 e. The third-order valence-electron chi connectivity index (χ3n) is 4.36. The second-order valence-corrected chi connectivity index (χ2v) is 8.87. The van der Waals surface area contributed by atoms with Gasteiger partial charge in [-0.3, -0.25) is 4.79 Å². The van der Waals surface area contributed by atoms with Crippen molar-refractivity contribution in [2.45, 2.75) is 36.0 Å². The van der Waals surface area contributed by atoms with E-state index in [4.69, 9.17) is 14.2 Å². The number of thioether (sulfide) groups is 1. The van der Waals surface area contributed by atoms with E-state index in [0.717, 1.165) is 20.1 Å². The van der Waals surface area contributed by atoms with Gasteiger partial charge < -0.3 is 14.2 Å². The first-order valence-electron chi connectivity index (χ1n) is 9.21. The van der Waals surface area contributed by atoms with E-state index in [-0.39, 0.29) is 19.1 Å². The zero-order valence-electron chi connectivity index (χ0n) is 15.5. The number of esters is 1. The van der Waals surface area contributed by atoms with Gasteiger partial charge in [-0.2, -0.15) is 0 Å². The zero-order chi connectivity index (χ0) is 20.1. The first-order chi connectivity index (χ1) is 14.2. The van der Waals surface area contributed by atoms with Crippen molar-refractivity contribution >= 4 is 45.4 Å². The van der Waals surface area contributed by atoms with Crippen LogP contribution in [-0.4, -0.2) is 35.1 Å². The average Bonchev–Trinajstić information content (AvgIpc) is 3.14. The molecule has 0 amide bonds. The van der Waals surface area contributed by atoms with Gasteiger partial charge in [-0.15, -0.1) is 11.3 Å². The Bertz CT molecular complexity index is 958. The summed E-state index contributed by atoms with van der Waals surface area (Å²) in [5.41, 5.74) is 1.87. The topological polar surface area (TPSA) is 74.7 Å². The number of para-hydroxylation sites is 1. The van der Waals surface area contributed by atoms with Gasteiger partial charge in [0.15, 0.2) is 4.34 Å².